The number of hydrogen-bond donors (Lipinski definition) is 0. The van der Waals surface area contributed by atoms with Crippen LogP contribution in [0.2, 0.25) is 0 Å². The number of pyridine rings is 2. The molecule has 34 heavy (non-hydrogen) atoms. The minimum Gasteiger partial charge on any atom is -0.311 e. The molecule has 0 amide bonds. The lowest BCUT2D eigenvalue weighted by Crippen LogP contribution is -2.13. The molecule has 0 fully saturated rings. The second-order valence-electron chi connectivity index (χ2n) is 8.26. The highest BCUT2D eigenvalue weighted by Gasteiger charge is 2.16. The highest BCUT2D eigenvalue weighted by molar-refractivity contribution is 5.80. The lowest BCUT2D eigenvalue weighted by atomic mass is 10.1. The van der Waals surface area contributed by atoms with E-state index in [1.54, 1.807) is 6.20 Å². The topological polar surface area (TPSA) is 32.3 Å². The quantitative estimate of drug-likeness (QED) is 0.266. The molecule has 0 saturated heterocycles. The van der Waals surface area contributed by atoms with Crippen LogP contribution in [0.25, 0.3) is 0 Å². The van der Waals surface area contributed by atoms with Crippen molar-refractivity contribution >= 4 is 34.3 Å². The van der Waals surface area contributed by atoms with Gasteiger partial charge in [0, 0.05) is 35.1 Å². The zero-order chi connectivity index (χ0) is 23.3. The molecule has 166 valence electrons. The van der Waals surface area contributed by atoms with Gasteiger partial charge >= 0.3 is 0 Å². The Hall–Kier alpha value is -4.44. The van der Waals surface area contributed by atoms with Gasteiger partial charge in [-0.25, -0.2) is 4.98 Å². The van der Waals surface area contributed by atoms with Gasteiger partial charge in [-0.3, -0.25) is 9.88 Å². The van der Waals surface area contributed by atoms with Gasteiger partial charge in [0.1, 0.15) is 5.82 Å². The number of rotatable bonds is 6. The van der Waals surface area contributed by atoms with E-state index >= 15 is 0 Å². The number of aryl methyl sites for hydroxylation is 2. The van der Waals surface area contributed by atoms with Crippen molar-refractivity contribution in [3.8, 4) is 0 Å². The van der Waals surface area contributed by atoms with Crippen LogP contribution in [0, 0.1) is 13.8 Å². The standard InChI is InChI=1S/C30H26N4/c1-23-8-12-25(13-9-23)33(26-14-10-24(2)11-15-26)27-16-18-28(19-17-27)34(29-6-5-20-31-22-29)30-7-3-4-21-32-30/h3-22H,1-2H3. The molecular weight excluding hydrogens is 416 g/mol. The summed E-state index contributed by atoms with van der Waals surface area (Å²) < 4.78 is 0. The van der Waals surface area contributed by atoms with Crippen LogP contribution in [-0.4, -0.2) is 9.97 Å². The molecule has 2 aromatic heterocycles. The van der Waals surface area contributed by atoms with E-state index in [0.717, 1.165) is 34.3 Å². The van der Waals surface area contributed by atoms with Gasteiger partial charge in [-0.05, 0) is 86.6 Å². The van der Waals surface area contributed by atoms with Gasteiger partial charge in [-0.1, -0.05) is 41.5 Å². The van der Waals surface area contributed by atoms with Crippen molar-refractivity contribution in [2.24, 2.45) is 0 Å². The van der Waals surface area contributed by atoms with Crippen LogP contribution in [0.5, 0.6) is 0 Å². The van der Waals surface area contributed by atoms with Crippen LogP contribution < -0.4 is 9.80 Å². The first-order valence-electron chi connectivity index (χ1n) is 11.3. The van der Waals surface area contributed by atoms with E-state index in [2.05, 4.69) is 106 Å². The van der Waals surface area contributed by atoms with Crippen LogP contribution in [-0.2, 0) is 0 Å². The number of aromatic nitrogens is 2. The third-order valence-corrected chi connectivity index (χ3v) is 5.73. The van der Waals surface area contributed by atoms with E-state index in [1.807, 2.05) is 42.7 Å². The average molecular weight is 443 g/mol. The fraction of sp³-hybridized carbons (Fsp3) is 0.0667. The number of hydrogen-bond acceptors (Lipinski definition) is 4. The molecule has 0 unspecified atom stereocenters. The van der Waals surface area contributed by atoms with Gasteiger partial charge in [0.2, 0.25) is 0 Å². The van der Waals surface area contributed by atoms with E-state index in [0.29, 0.717) is 0 Å². The summed E-state index contributed by atoms with van der Waals surface area (Å²) in [6, 6.07) is 35.7. The van der Waals surface area contributed by atoms with Crippen molar-refractivity contribution in [3.63, 3.8) is 0 Å². The normalized spacial score (nSPS) is 10.6. The maximum absolute atomic E-state index is 4.59. The zero-order valence-electron chi connectivity index (χ0n) is 19.3. The first-order valence-corrected chi connectivity index (χ1v) is 11.3. The first-order chi connectivity index (χ1) is 16.7. The second kappa shape index (κ2) is 9.59. The molecule has 0 spiro atoms. The monoisotopic (exact) mass is 442 g/mol. The molecule has 5 rings (SSSR count). The Bertz CT molecular complexity index is 1250. The van der Waals surface area contributed by atoms with Crippen LogP contribution in [0.1, 0.15) is 11.1 Å². The second-order valence-corrected chi connectivity index (χ2v) is 8.26. The molecule has 0 N–H and O–H groups in total. The van der Waals surface area contributed by atoms with Gasteiger partial charge in [-0.15, -0.1) is 0 Å². The van der Waals surface area contributed by atoms with Gasteiger partial charge in [0.05, 0.1) is 11.9 Å². The van der Waals surface area contributed by atoms with E-state index in [1.165, 1.54) is 11.1 Å². The Balaban J connectivity index is 1.57. The first kappa shape index (κ1) is 21.4. The Morgan fingerprint density at radius 3 is 1.47 bits per heavy atom. The molecule has 0 aliphatic heterocycles. The van der Waals surface area contributed by atoms with E-state index in [9.17, 15) is 0 Å². The Kier molecular flexibility index (Phi) is 6.04. The van der Waals surface area contributed by atoms with Gasteiger partial charge in [0.25, 0.3) is 0 Å². The Morgan fingerprint density at radius 1 is 0.471 bits per heavy atom. The molecule has 4 nitrogen and oxygen atoms in total. The molecule has 0 aliphatic rings. The van der Waals surface area contributed by atoms with Gasteiger partial charge in [0.15, 0.2) is 0 Å². The zero-order valence-corrected chi connectivity index (χ0v) is 19.3. The largest absolute Gasteiger partial charge is 0.311 e. The molecule has 0 aliphatic carbocycles. The van der Waals surface area contributed by atoms with Crippen molar-refractivity contribution in [2.45, 2.75) is 13.8 Å². The van der Waals surface area contributed by atoms with E-state index < -0.39 is 0 Å². The smallest absolute Gasteiger partial charge is 0.137 e. The Labute approximate surface area is 200 Å². The maximum atomic E-state index is 4.59. The van der Waals surface area contributed by atoms with Gasteiger partial charge in [-0.2, -0.15) is 0 Å². The summed E-state index contributed by atoms with van der Waals surface area (Å²) in [7, 11) is 0. The number of nitrogens with zero attached hydrogens (tertiary/aromatic N) is 4. The van der Waals surface area contributed by atoms with Crippen LogP contribution >= 0.6 is 0 Å². The van der Waals surface area contributed by atoms with Crippen LogP contribution in [0.15, 0.2) is 122 Å². The molecular formula is C30H26N4. The summed E-state index contributed by atoms with van der Waals surface area (Å²) in [6.07, 6.45) is 5.45. The molecule has 0 bridgehead atoms. The highest BCUT2D eigenvalue weighted by atomic mass is 15.2. The number of anilines is 6. The van der Waals surface area contributed by atoms with Crippen LogP contribution in [0.4, 0.5) is 34.3 Å². The molecule has 3 aromatic carbocycles. The molecule has 0 atom stereocenters. The van der Waals surface area contributed by atoms with Crippen LogP contribution in [0.3, 0.4) is 0 Å². The summed E-state index contributed by atoms with van der Waals surface area (Å²) in [5.41, 5.74) is 7.79. The molecule has 2 heterocycles. The number of benzene rings is 3. The molecule has 5 aromatic rings. The van der Waals surface area contributed by atoms with E-state index in [4.69, 9.17) is 0 Å². The maximum Gasteiger partial charge on any atom is 0.137 e. The SMILES string of the molecule is Cc1ccc(N(c2ccc(C)cc2)c2ccc(N(c3cccnc3)c3ccccn3)cc2)cc1. The summed E-state index contributed by atoms with van der Waals surface area (Å²) in [4.78, 5) is 13.3. The highest BCUT2D eigenvalue weighted by Crippen LogP contribution is 2.38. The van der Waals surface area contributed by atoms with E-state index in [-0.39, 0.29) is 0 Å². The van der Waals surface area contributed by atoms with Crippen molar-refractivity contribution in [3.05, 3.63) is 133 Å². The third-order valence-electron chi connectivity index (χ3n) is 5.73. The summed E-state index contributed by atoms with van der Waals surface area (Å²) in [6.45, 7) is 4.22. The Morgan fingerprint density at radius 2 is 1.00 bits per heavy atom. The summed E-state index contributed by atoms with van der Waals surface area (Å²) >= 11 is 0. The average Bonchev–Trinajstić information content (AvgIpc) is 2.89. The molecule has 0 saturated carbocycles. The fourth-order valence-electron chi connectivity index (χ4n) is 3.97. The minimum absolute atomic E-state index is 0.845. The lowest BCUT2D eigenvalue weighted by molar-refractivity contribution is 1.16. The third kappa shape index (κ3) is 4.52. The summed E-state index contributed by atoms with van der Waals surface area (Å²) in [5, 5.41) is 0. The predicted molar refractivity (Wildman–Crippen MR) is 141 cm³/mol. The van der Waals surface area contributed by atoms with Crippen molar-refractivity contribution in [2.75, 3.05) is 9.80 Å². The van der Waals surface area contributed by atoms with Crippen molar-refractivity contribution in [1.82, 2.24) is 9.97 Å². The molecule has 4 heteroatoms. The predicted octanol–water partition coefficient (Wildman–Crippen LogP) is 8.03. The van der Waals surface area contributed by atoms with Crippen molar-refractivity contribution in [1.29, 1.82) is 0 Å². The fourth-order valence-corrected chi connectivity index (χ4v) is 3.97. The summed E-state index contributed by atoms with van der Waals surface area (Å²) in [5.74, 6) is 0.845. The van der Waals surface area contributed by atoms with Crippen molar-refractivity contribution < 1.29 is 0 Å². The minimum atomic E-state index is 0.845. The lowest BCUT2D eigenvalue weighted by Gasteiger charge is -2.27. The van der Waals surface area contributed by atoms with Gasteiger partial charge < -0.3 is 4.90 Å². The molecule has 0 radical (unpaired) electrons.